The second-order valence-corrected chi connectivity index (χ2v) is 39.3. The van der Waals surface area contributed by atoms with Gasteiger partial charge in [-0.15, -0.1) is 0 Å². The number of para-hydroxylation sites is 6. The summed E-state index contributed by atoms with van der Waals surface area (Å²) in [6, 6.07) is 173. The normalized spacial score (nSPS) is 13.2. The first-order valence-electron chi connectivity index (χ1n) is 48.9. The maximum Gasteiger partial charge on any atom is 0.159 e. The zero-order valence-corrected chi connectivity index (χ0v) is 79.2. The minimum atomic E-state index is -0.0406. The molecule has 0 spiro atoms. The van der Waals surface area contributed by atoms with Crippen molar-refractivity contribution >= 4 is 149 Å². The van der Waals surface area contributed by atoms with Crippen molar-refractivity contribution in [3.05, 3.63) is 513 Å². The monoisotopic (exact) mass is 1810 g/mol. The molecule has 0 atom stereocenters. The molecule has 0 N–H and O–H groups in total. The molecule has 25 aromatic rings. The van der Waals surface area contributed by atoms with Gasteiger partial charge in [0.1, 0.15) is 16.7 Å². The van der Waals surface area contributed by atoms with E-state index in [2.05, 4.69) is 505 Å². The molecule has 0 radical (unpaired) electrons. The van der Waals surface area contributed by atoms with E-state index in [4.69, 9.17) is 13.3 Å². The molecular formula is C135H97N3O3. The van der Waals surface area contributed by atoms with Crippen molar-refractivity contribution in [2.75, 3.05) is 14.7 Å². The standard InChI is InChI=1S/C47H33NO.C45H33NO.C43H31NO/c1-47(2)41-19-9-7-15-36(41)37-27-24-31(28-42(37)47)30-22-25-33(26-23-30)48(43-20-11-18-40-39-17-8-10-21-45(39)49-46(40)43)44-29-32-12-3-4-13-34(32)35-14-5-6-16-38(35)44;1-45(2)40-16-8-6-13-36(40)37-28-23-33(29-41(37)45)32-21-26-35(27-22-32)46(34-24-19-31(20-25-34)30-11-4-3-5-12-30)42-17-10-15-39-38-14-7-9-18-43(38)47-44(39)42;1-43(2)37-17-7-5-14-33(37)34-26-23-30(27-38(34)43)28-21-24-31(25-22-28)44(39-18-9-12-29-11-3-4-13-32(29)39)40-19-10-16-36-35-15-6-8-20-41(35)45-42(36)40/h3-29H,1-2H3;3-29H,1-2H3;3-27H,1-2H3. The Labute approximate surface area is 819 Å². The second kappa shape index (κ2) is 33.4. The Balaban J connectivity index is 0.000000109. The van der Waals surface area contributed by atoms with Crippen LogP contribution in [0, 0.1) is 0 Å². The molecule has 6 nitrogen and oxygen atoms in total. The lowest BCUT2D eigenvalue weighted by molar-refractivity contribution is 0.660. The fraction of sp³-hybridized carbons (Fsp3) is 0.0667. The number of hydrogen-bond donors (Lipinski definition) is 0. The van der Waals surface area contributed by atoms with Crippen LogP contribution in [0.25, 0.3) is 176 Å². The molecule has 0 unspecified atom stereocenters. The molecule has 0 saturated heterocycles. The number of rotatable bonds is 13. The average molecular weight is 1810 g/mol. The summed E-state index contributed by atoms with van der Waals surface area (Å²) in [7, 11) is 0. The summed E-state index contributed by atoms with van der Waals surface area (Å²) in [6.45, 7) is 14.0. The van der Waals surface area contributed by atoms with Gasteiger partial charge in [0.05, 0.1) is 28.4 Å². The summed E-state index contributed by atoms with van der Waals surface area (Å²) < 4.78 is 19.7. The topological polar surface area (TPSA) is 49.1 Å². The van der Waals surface area contributed by atoms with Gasteiger partial charge in [0.15, 0.2) is 16.7 Å². The molecular weight excluding hydrogens is 1710 g/mol. The number of hydrogen-bond acceptors (Lipinski definition) is 6. The molecule has 0 fully saturated rings. The number of nitrogens with zero attached hydrogens (tertiary/aromatic N) is 3. The van der Waals surface area contributed by atoms with E-state index in [0.717, 1.165) is 117 Å². The van der Waals surface area contributed by atoms with E-state index < -0.39 is 0 Å². The van der Waals surface area contributed by atoms with E-state index in [9.17, 15) is 0 Å². The minimum Gasteiger partial charge on any atom is -0.454 e. The second-order valence-electron chi connectivity index (χ2n) is 39.3. The van der Waals surface area contributed by atoms with Crippen LogP contribution in [0.1, 0.15) is 74.9 Å². The first-order valence-corrected chi connectivity index (χ1v) is 48.9. The lowest BCUT2D eigenvalue weighted by atomic mass is 9.81. The van der Waals surface area contributed by atoms with Gasteiger partial charge in [-0.05, 0) is 248 Å². The van der Waals surface area contributed by atoms with Gasteiger partial charge >= 0.3 is 0 Å². The zero-order valence-electron chi connectivity index (χ0n) is 79.2. The van der Waals surface area contributed by atoms with E-state index in [-0.39, 0.29) is 16.2 Å². The lowest BCUT2D eigenvalue weighted by Crippen LogP contribution is -2.14. The third-order valence-electron chi connectivity index (χ3n) is 30.2. The summed E-state index contributed by atoms with van der Waals surface area (Å²) in [5.41, 5.74) is 40.9. The lowest BCUT2D eigenvalue weighted by Gasteiger charge is -2.28. The maximum absolute atomic E-state index is 6.65. The van der Waals surface area contributed by atoms with Crippen LogP contribution in [0.2, 0.25) is 0 Å². The summed E-state index contributed by atoms with van der Waals surface area (Å²) in [6.07, 6.45) is 0. The highest BCUT2D eigenvalue weighted by atomic mass is 16.3. The van der Waals surface area contributed by atoms with Crippen LogP contribution in [0.15, 0.2) is 492 Å². The third kappa shape index (κ3) is 14.0. The molecule has 670 valence electrons. The van der Waals surface area contributed by atoms with Crippen molar-refractivity contribution in [2.24, 2.45) is 0 Å². The Bertz CT molecular complexity index is 9270. The Hall–Kier alpha value is -17.6. The molecule has 141 heavy (non-hydrogen) atoms. The van der Waals surface area contributed by atoms with Crippen LogP contribution >= 0.6 is 0 Å². The third-order valence-corrected chi connectivity index (χ3v) is 30.2. The zero-order chi connectivity index (χ0) is 94.4. The number of anilines is 9. The maximum atomic E-state index is 6.65. The van der Waals surface area contributed by atoms with Gasteiger partial charge in [-0.3, -0.25) is 0 Å². The van der Waals surface area contributed by atoms with Crippen molar-refractivity contribution < 1.29 is 13.3 Å². The first-order chi connectivity index (χ1) is 69.2. The van der Waals surface area contributed by atoms with Crippen molar-refractivity contribution in [2.45, 2.75) is 57.8 Å². The molecule has 6 heteroatoms. The predicted octanol–water partition coefficient (Wildman–Crippen LogP) is 38.2. The average Bonchev–Trinajstić information content (AvgIpc) is 1.58. The van der Waals surface area contributed by atoms with Gasteiger partial charge in [0, 0.05) is 82.1 Å². The van der Waals surface area contributed by atoms with Crippen LogP contribution in [-0.4, -0.2) is 0 Å². The van der Waals surface area contributed by atoms with E-state index in [1.54, 1.807) is 0 Å². The van der Waals surface area contributed by atoms with Crippen molar-refractivity contribution in [3.8, 4) is 77.9 Å². The van der Waals surface area contributed by atoms with Crippen molar-refractivity contribution in [3.63, 3.8) is 0 Å². The van der Waals surface area contributed by atoms with Gasteiger partial charge < -0.3 is 28.0 Å². The van der Waals surface area contributed by atoms with Crippen molar-refractivity contribution in [1.29, 1.82) is 0 Å². The van der Waals surface area contributed by atoms with Crippen LogP contribution in [0.5, 0.6) is 0 Å². The molecule has 28 rings (SSSR count). The SMILES string of the molecule is CC1(C)c2ccccc2-c2ccc(-c3ccc(N(c4cc5ccccc5c5ccccc45)c4cccc5c4oc4ccccc45)cc3)cc21.CC1(C)c2ccccc2-c2ccc(-c3ccc(N(c4ccc(-c5ccccc5)cc4)c4cccc5c4oc4ccccc45)cc3)cc21.CC1(C)c2ccccc2-c2ccc(-c3ccc(N(c4cccc5ccccc45)c4cccc5c4oc4ccccc45)cc3)cc21. The van der Waals surface area contributed by atoms with Gasteiger partial charge in [0.25, 0.3) is 0 Å². The fourth-order valence-electron chi connectivity index (χ4n) is 23.1. The molecule has 0 bridgehead atoms. The Morgan fingerprint density at radius 2 is 0.426 bits per heavy atom. The highest BCUT2D eigenvalue weighted by Gasteiger charge is 2.39. The molecule has 3 aliphatic rings. The molecule has 0 aliphatic heterocycles. The first kappa shape index (κ1) is 84.0. The number of benzene rings is 22. The van der Waals surface area contributed by atoms with E-state index in [0.29, 0.717) is 0 Å². The van der Waals surface area contributed by atoms with Crippen LogP contribution in [0.3, 0.4) is 0 Å². The van der Waals surface area contributed by atoms with Crippen LogP contribution in [0.4, 0.5) is 51.2 Å². The van der Waals surface area contributed by atoms with E-state index in [1.165, 1.54) is 144 Å². The van der Waals surface area contributed by atoms with E-state index >= 15 is 0 Å². The summed E-state index contributed by atoms with van der Waals surface area (Å²) >= 11 is 0. The predicted molar refractivity (Wildman–Crippen MR) is 592 cm³/mol. The largest absolute Gasteiger partial charge is 0.454 e. The van der Waals surface area contributed by atoms with Crippen molar-refractivity contribution in [1.82, 2.24) is 0 Å². The molecule has 3 heterocycles. The van der Waals surface area contributed by atoms with Crippen LogP contribution in [-0.2, 0) is 16.2 Å². The molecule has 0 saturated carbocycles. The van der Waals surface area contributed by atoms with Gasteiger partial charge in [-0.25, -0.2) is 0 Å². The fourth-order valence-corrected chi connectivity index (χ4v) is 23.1. The Morgan fingerprint density at radius 1 is 0.156 bits per heavy atom. The highest BCUT2D eigenvalue weighted by Crippen LogP contribution is 2.56. The number of furan rings is 3. The number of fused-ring (bicyclic) bond motifs is 22. The molecule has 3 aliphatic carbocycles. The smallest absolute Gasteiger partial charge is 0.159 e. The highest BCUT2D eigenvalue weighted by molar-refractivity contribution is 6.18. The Kier molecular flexibility index (Phi) is 19.9. The molecule has 0 amide bonds. The van der Waals surface area contributed by atoms with E-state index in [1.807, 2.05) is 30.3 Å². The van der Waals surface area contributed by atoms with Gasteiger partial charge in [-0.2, -0.15) is 0 Å². The summed E-state index contributed by atoms with van der Waals surface area (Å²) in [5.74, 6) is 0. The Morgan fingerprint density at radius 3 is 0.844 bits per heavy atom. The van der Waals surface area contributed by atoms with Crippen LogP contribution < -0.4 is 14.7 Å². The molecule has 3 aromatic heterocycles. The molecule has 22 aromatic carbocycles. The summed E-state index contributed by atoms with van der Waals surface area (Å²) in [5, 5.41) is 14.0. The minimum absolute atomic E-state index is 0.0295. The quantitative estimate of drug-likeness (QED) is 0.107. The van der Waals surface area contributed by atoms with Gasteiger partial charge in [0.2, 0.25) is 0 Å². The van der Waals surface area contributed by atoms with Gasteiger partial charge in [-0.1, -0.05) is 406 Å². The summed E-state index contributed by atoms with van der Waals surface area (Å²) in [4.78, 5) is 7.04.